The summed E-state index contributed by atoms with van der Waals surface area (Å²) in [6.45, 7) is 2.29. The second-order valence-corrected chi connectivity index (χ2v) is 4.44. The lowest BCUT2D eigenvalue weighted by Crippen LogP contribution is -2.07. The van der Waals surface area contributed by atoms with E-state index in [9.17, 15) is 4.79 Å². The van der Waals surface area contributed by atoms with Crippen molar-refractivity contribution in [2.75, 3.05) is 12.8 Å². The molecular weight excluding hydrogens is 191 g/mol. The Balaban J connectivity index is 2.22. The molecule has 12 heavy (non-hydrogen) atoms. The third-order valence-corrected chi connectivity index (χ3v) is 3.43. The lowest BCUT2D eigenvalue weighted by Gasteiger charge is -1.98. The zero-order chi connectivity index (χ0) is 8.81. The van der Waals surface area contributed by atoms with E-state index in [1.807, 2.05) is 24.4 Å². The number of hydrogen-bond acceptors (Lipinski definition) is 3. The summed E-state index contributed by atoms with van der Waals surface area (Å²) in [5, 5.41) is 2.01. The van der Waals surface area contributed by atoms with Crippen LogP contribution >= 0.6 is 19.9 Å². The second-order valence-electron chi connectivity index (χ2n) is 2.07. The molecule has 0 saturated heterocycles. The minimum atomic E-state index is -0.118. The van der Waals surface area contributed by atoms with Gasteiger partial charge in [-0.2, -0.15) is 0 Å². The third kappa shape index (κ3) is 3.33. The molecule has 0 aliphatic heterocycles. The average Bonchev–Trinajstić information content (AvgIpc) is 2.53. The fourth-order valence-electron chi connectivity index (χ4n) is 0.709. The Kier molecular flexibility index (Phi) is 4.26. The highest BCUT2D eigenvalue weighted by atomic mass is 32.1. The van der Waals surface area contributed by atoms with Crippen LogP contribution in [0.5, 0.6) is 0 Å². The molecule has 0 N–H and O–H groups in total. The van der Waals surface area contributed by atoms with Gasteiger partial charge in [0.2, 0.25) is 0 Å². The fraction of sp³-hybridized carbons (Fsp3) is 0.375. The SMILES string of the molecule is CCOC(=O)C[P]c1cccs1. The first-order chi connectivity index (χ1) is 5.83. The highest BCUT2D eigenvalue weighted by molar-refractivity contribution is 7.57. The number of carbonyl (C=O) groups excluding carboxylic acids is 1. The number of carbonyl (C=O) groups is 1. The molecule has 1 aromatic heterocycles. The molecule has 4 heteroatoms. The summed E-state index contributed by atoms with van der Waals surface area (Å²) < 4.78 is 6.01. The van der Waals surface area contributed by atoms with Crippen LogP contribution in [0.1, 0.15) is 6.92 Å². The fourth-order valence-corrected chi connectivity index (χ4v) is 2.40. The van der Waals surface area contributed by atoms with Gasteiger partial charge in [-0.25, -0.2) is 0 Å². The molecule has 1 heterocycles. The van der Waals surface area contributed by atoms with E-state index in [4.69, 9.17) is 4.74 Å². The minimum absolute atomic E-state index is 0.118. The first kappa shape index (κ1) is 9.69. The summed E-state index contributed by atoms with van der Waals surface area (Å²) in [5.41, 5.74) is 0. The topological polar surface area (TPSA) is 26.3 Å². The molecule has 1 radical (unpaired) electrons. The van der Waals surface area contributed by atoms with Crippen LogP contribution in [0.2, 0.25) is 0 Å². The first-order valence-electron chi connectivity index (χ1n) is 3.69. The second kappa shape index (κ2) is 5.28. The van der Waals surface area contributed by atoms with Crippen LogP contribution in [0.15, 0.2) is 17.5 Å². The third-order valence-electron chi connectivity index (χ3n) is 1.18. The maximum absolute atomic E-state index is 10.9. The van der Waals surface area contributed by atoms with Crippen molar-refractivity contribution in [2.24, 2.45) is 0 Å². The van der Waals surface area contributed by atoms with E-state index in [2.05, 4.69) is 0 Å². The van der Waals surface area contributed by atoms with Gasteiger partial charge in [-0.15, -0.1) is 11.3 Å². The van der Waals surface area contributed by atoms with Gasteiger partial charge in [0.1, 0.15) is 0 Å². The summed E-state index contributed by atoms with van der Waals surface area (Å²) in [6.07, 6.45) is 0.467. The molecule has 2 nitrogen and oxygen atoms in total. The van der Waals surface area contributed by atoms with Gasteiger partial charge in [0, 0.05) is 4.62 Å². The Morgan fingerprint density at radius 2 is 2.58 bits per heavy atom. The molecule has 0 spiro atoms. The summed E-state index contributed by atoms with van der Waals surface area (Å²) >= 11 is 1.66. The monoisotopic (exact) mass is 201 g/mol. The summed E-state index contributed by atoms with van der Waals surface area (Å²) in [7, 11) is 1.04. The minimum Gasteiger partial charge on any atom is -0.466 e. The molecule has 0 aromatic carbocycles. The summed E-state index contributed by atoms with van der Waals surface area (Å²) in [6, 6.07) is 4.00. The van der Waals surface area contributed by atoms with Crippen LogP contribution in [0, 0.1) is 0 Å². The van der Waals surface area contributed by atoms with Crippen molar-refractivity contribution in [1.29, 1.82) is 0 Å². The Morgan fingerprint density at radius 1 is 1.75 bits per heavy atom. The zero-order valence-electron chi connectivity index (χ0n) is 6.82. The predicted octanol–water partition coefficient (Wildman–Crippen LogP) is 1.88. The van der Waals surface area contributed by atoms with Gasteiger partial charge in [-0.3, -0.25) is 4.79 Å². The standard InChI is InChI=1S/C8H10O2PS/c1-2-10-7(9)6-11-8-4-3-5-12-8/h3-5H,2,6H2,1H3. The molecule has 0 saturated carbocycles. The predicted molar refractivity (Wildman–Crippen MR) is 52.4 cm³/mol. The van der Waals surface area contributed by atoms with Gasteiger partial charge < -0.3 is 4.74 Å². The van der Waals surface area contributed by atoms with E-state index in [0.717, 1.165) is 8.58 Å². The summed E-state index contributed by atoms with van der Waals surface area (Å²) in [5.74, 6) is -0.118. The lowest BCUT2D eigenvalue weighted by atomic mass is 10.7. The molecule has 1 rings (SSSR count). The molecule has 0 aliphatic carbocycles. The van der Waals surface area contributed by atoms with Crippen molar-refractivity contribution in [3.63, 3.8) is 0 Å². The van der Waals surface area contributed by atoms with Crippen molar-refractivity contribution in [1.82, 2.24) is 0 Å². The Labute approximate surface area is 77.7 Å². The van der Waals surface area contributed by atoms with Crippen LogP contribution < -0.4 is 4.62 Å². The van der Waals surface area contributed by atoms with Gasteiger partial charge in [0.25, 0.3) is 0 Å². The zero-order valence-corrected chi connectivity index (χ0v) is 8.53. The van der Waals surface area contributed by atoms with E-state index in [1.54, 1.807) is 11.3 Å². The van der Waals surface area contributed by atoms with Crippen molar-refractivity contribution >= 4 is 30.5 Å². The van der Waals surface area contributed by atoms with Crippen molar-refractivity contribution < 1.29 is 9.53 Å². The quantitative estimate of drug-likeness (QED) is 0.549. The van der Waals surface area contributed by atoms with E-state index in [1.165, 1.54) is 4.62 Å². The molecule has 0 aliphatic rings. The largest absolute Gasteiger partial charge is 0.466 e. The van der Waals surface area contributed by atoms with E-state index < -0.39 is 0 Å². The molecule has 1 aromatic rings. The van der Waals surface area contributed by atoms with Crippen molar-refractivity contribution in [3.8, 4) is 0 Å². The maximum atomic E-state index is 10.9. The number of rotatable bonds is 4. The molecule has 0 unspecified atom stereocenters. The first-order valence-corrected chi connectivity index (χ1v) is 5.65. The van der Waals surface area contributed by atoms with Crippen LogP contribution in [-0.4, -0.2) is 18.7 Å². The Hall–Kier alpha value is -0.400. The van der Waals surface area contributed by atoms with Gasteiger partial charge in [0.05, 0.1) is 12.8 Å². The van der Waals surface area contributed by atoms with Gasteiger partial charge in [-0.05, 0) is 27.0 Å². The van der Waals surface area contributed by atoms with Gasteiger partial charge >= 0.3 is 5.97 Å². The lowest BCUT2D eigenvalue weighted by molar-refractivity contribution is -0.139. The number of hydrogen-bond donors (Lipinski definition) is 0. The van der Waals surface area contributed by atoms with E-state index in [-0.39, 0.29) is 5.97 Å². The van der Waals surface area contributed by atoms with Crippen LogP contribution in [0.4, 0.5) is 0 Å². The number of esters is 1. The van der Waals surface area contributed by atoms with Gasteiger partial charge in [0.15, 0.2) is 0 Å². The Bertz CT molecular complexity index is 233. The maximum Gasteiger partial charge on any atom is 0.310 e. The molecule has 0 fully saturated rings. The van der Waals surface area contributed by atoms with Crippen LogP contribution in [-0.2, 0) is 9.53 Å². The highest BCUT2D eigenvalue weighted by Crippen LogP contribution is 2.13. The van der Waals surface area contributed by atoms with Crippen molar-refractivity contribution in [3.05, 3.63) is 17.5 Å². The molecule has 65 valence electrons. The molecule has 0 atom stereocenters. The molecule has 0 amide bonds. The Morgan fingerprint density at radius 3 is 3.17 bits per heavy atom. The van der Waals surface area contributed by atoms with E-state index in [0.29, 0.717) is 12.8 Å². The van der Waals surface area contributed by atoms with Crippen molar-refractivity contribution in [2.45, 2.75) is 6.92 Å². The van der Waals surface area contributed by atoms with Gasteiger partial charge in [-0.1, -0.05) is 6.07 Å². The summed E-state index contributed by atoms with van der Waals surface area (Å²) in [4.78, 5) is 10.9. The number of thiophene rings is 1. The molecule has 0 bridgehead atoms. The number of ether oxygens (including phenoxy) is 1. The van der Waals surface area contributed by atoms with Crippen LogP contribution in [0.25, 0.3) is 0 Å². The normalized spacial score (nSPS) is 10.8. The van der Waals surface area contributed by atoms with E-state index >= 15 is 0 Å². The average molecular weight is 201 g/mol. The van der Waals surface area contributed by atoms with Crippen LogP contribution in [0.3, 0.4) is 0 Å². The smallest absolute Gasteiger partial charge is 0.310 e. The highest BCUT2D eigenvalue weighted by Gasteiger charge is 2.02. The molecular formula is C8H10O2PS.